The fraction of sp³-hybridized carbons (Fsp3) is 0.0909. The van der Waals surface area contributed by atoms with Gasteiger partial charge in [0.25, 0.3) is 0 Å². The third-order valence-electron chi connectivity index (χ3n) is 2.21. The second-order valence-corrected chi connectivity index (χ2v) is 4.54. The van der Waals surface area contributed by atoms with Crippen LogP contribution in [0, 0.1) is 17.0 Å². The maximum atomic E-state index is 10.9. The molecule has 19 heavy (non-hydrogen) atoms. The summed E-state index contributed by atoms with van der Waals surface area (Å²) in [4.78, 5) is 18.2. The molecular weight excluding hydrogens is 316 g/mol. The first-order valence-corrected chi connectivity index (χ1v) is 5.98. The molecule has 0 atom stereocenters. The Morgan fingerprint density at radius 3 is 2.74 bits per heavy atom. The van der Waals surface area contributed by atoms with Crippen LogP contribution >= 0.6 is 15.9 Å². The van der Waals surface area contributed by atoms with E-state index in [1.54, 1.807) is 13.0 Å². The van der Waals surface area contributed by atoms with Gasteiger partial charge in [-0.1, -0.05) is 6.07 Å². The molecule has 2 aromatic rings. The van der Waals surface area contributed by atoms with E-state index in [9.17, 15) is 10.1 Å². The summed E-state index contributed by atoms with van der Waals surface area (Å²) in [6.07, 6.45) is 0. The highest BCUT2D eigenvalue weighted by molar-refractivity contribution is 9.10. The van der Waals surface area contributed by atoms with Crippen molar-refractivity contribution in [3.8, 4) is 11.8 Å². The highest BCUT2D eigenvalue weighted by atomic mass is 79.9. The Kier molecular flexibility index (Phi) is 3.61. The molecule has 1 aromatic heterocycles. The van der Waals surface area contributed by atoms with E-state index in [0.29, 0.717) is 4.60 Å². The summed E-state index contributed by atoms with van der Waals surface area (Å²) in [5, 5.41) is 10.9. The van der Waals surface area contributed by atoms with E-state index < -0.39 is 4.92 Å². The van der Waals surface area contributed by atoms with Crippen molar-refractivity contribution in [1.82, 2.24) is 9.97 Å². The van der Waals surface area contributed by atoms with Crippen molar-refractivity contribution >= 4 is 27.4 Å². The molecule has 0 bridgehead atoms. The summed E-state index contributed by atoms with van der Waals surface area (Å²) in [7, 11) is 0. The number of hydrogen-bond acceptors (Lipinski definition) is 6. The smallest absolute Gasteiger partial charge is 0.325 e. The fourth-order valence-electron chi connectivity index (χ4n) is 1.41. The molecule has 0 fully saturated rings. The van der Waals surface area contributed by atoms with Crippen molar-refractivity contribution in [3.05, 3.63) is 44.5 Å². The summed E-state index contributed by atoms with van der Waals surface area (Å²) in [5.74, 6) is 0.264. The molecule has 0 aliphatic heterocycles. The first-order valence-electron chi connectivity index (χ1n) is 5.18. The molecule has 0 aliphatic rings. The fourth-order valence-corrected chi connectivity index (χ4v) is 1.80. The summed E-state index contributed by atoms with van der Waals surface area (Å²) in [6.45, 7) is 1.75. The van der Waals surface area contributed by atoms with Crippen LogP contribution in [0.5, 0.6) is 11.8 Å². The molecule has 8 heteroatoms. The number of nitro benzene ring substituents is 1. The average Bonchev–Trinajstić information content (AvgIpc) is 2.30. The van der Waals surface area contributed by atoms with Crippen molar-refractivity contribution < 1.29 is 9.66 Å². The van der Waals surface area contributed by atoms with E-state index in [1.165, 1.54) is 18.2 Å². The lowest BCUT2D eigenvalue weighted by Crippen LogP contribution is -1.99. The summed E-state index contributed by atoms with van der Waals surface area (Å²) in [6, 6.07) is 6.05. The predicted molar refractivity (Wildman–Crippen MR) is 72.1 cm³/mol. The minimum atomic E-state index is -0.524. The van der Waals surface area contributed by atoms with Crippen LogP contribution < -0.4 is 10.5 Å². The number of benzene rings is 1. The van der Waals surface area contributed by atoms with Gasteiger partial charge in [-0.3, -0.25) is 10.1 Å². The van der Waals surface area contributed by atoms with Crippen molar-refractivity contribution in [2.24, 2.45) is 0 Å². The Labute approximate surface area is 116 Å². The predicted octanol–water partition coefficient (Wildman–Crippen LogP) is 2.83. The average molecular weight is 325 g/mol. The van der Waals surface area contributed by atoms with E-state index in [0.717, 1.165) is 5.56 Å². The lowest BCUT2D eigenvalue weighted by molar-refractivity contribution is -0.385. The van der Waals surface area contributed by atoms with Crippen LogP contribution in [0.4, 0.5) is 11.5 Å². The molecule has 1 heterocycles. The van der Waals surface area contributed by atoms with Gasteiger partial charge in [0.05, 0.1) is 4.92 Å². The molecule has 2 N–H and O–H groups in total. The van der Waals surface area contributed by atoms with Crippen LogP contribution in [-0.2, 0) is 0 Å². The molecule has 1 aromatic carbocycles. The van der Waals surface area contributed by atoms with Gasteiger partial charge in [0.1, 0.15) is 10.4 Å². The molecule has 2 rings (SSSR count). The maximum Gasteiger partial charge on any atom is 0.325 e. The lowest BCUT2D eigenvalue weighted by Gasteiger charge is -2.06. The summed E-state index contributed by atoms with van der Waals surface area (Å²) in [5.41, 5.74) is 6.15. The topological polar surface area (TPSA) is 104 Å². The molecular formula is C11H9BrN4O3. The van der Waals surface area contributed by atoms with E-state index in [1.807, 2.05) is 0 Å². The Morgan fingerprint density at radius 1 is 1.37 bits per heavy atom. The van der Waals surface area contributed by atoms with Crippen molar-refractivity contribution in [2.45, 2.75) is 6.92 Å². The van der Waals surface area contributed by atoms with Crippen LogP contribution in [-0.4, -0.2) is 14.9 Å². The van der Waals surface area contributed by atoms with E-state index in [-0.39, 0.29) is 23.3 Å². The second kappa shape index (κ2) is 5.19. The van der Waals surface area contributed by atoms with E-state index in [4.69, 9.17) is 10.5 Å². The molecule has 0 radical (unpaired) electrons. The minimum Gasteiger partial charge on any atom is -0.417 e. The Morgan fingerprint density at radius 2 is 2.11 bits per heavy atom. The molecule has 0 saturated heterocycles. The van der Waals surface area contributed by atoms with Crippen LogP contribution in [0.25, 0.3) is 0 Å². The second-order valence-electron chi connectivity index (χ2n) is 3.73. The lowest BCUT2D eigenvalue weighted by atomic mass is 10.2. The zero-order chi connectivity index (χ0) is 14.0. The number of hydrogen-bond donors (Lipinski definition) is 1. The number of nitrogen functional groups attached to an aromatic ring is 1. The van der Waals surface area contributed by atoms with Gasteiger partial charge in [-0.2, -0.15) is 9.97 Å². The van der Waals surface area contributed by atoms with Crippen LogP contribution in [0.15, 0.2) is 28.9 Å². The van der Waals surface area contributed by atoms with Gasteiger partial charge in [-0.15, -0.1) is 0 Å². The SMILES string of the molecule is Cc1ccc(Oc2nc(N)cc(Br)n2)c([N+](=O)[O-])c1. The highest BCUT2D eigenvalue weighted by Gasteiger charge is 2.17. The number of aryl methyl sites for hydroxylation is 1. The number of anilines is 1. The standard InChI is InChI=1S/C11H9BrN4O3/c1-6-2-3-8(7(4-6)16(17)18)19-11-14-9(12)5-10(13)15-11/h2-5H,1H3,(H2,13,14,15). The summed E-state index contributed by atoms with van der Waals surface area (Å²) < 4.78 is 5.75. The van der Waals surface area contributed by atoms with Gasteiger partial charge in [0.15, 0.2) is 0 Å². The van der Waals surface area contributed by atoms with Gasteiger partial charge in [-0.05, 0) is 34.5 Å². The monoisotopic (exact) mass is 324 g/mol. The Bertz CT molecular complexity index is 628. The minimum absolute atomic E-state index is 0.0566. The number of aromatic nitrogens is 2. The van der Waals surface area contributed by atoms with Gasteiger partial charge in [0.2, 0.25) is 5.75 Å². The van der Waals surface area contributed by atoms with Crippen molar-refractivity contribution in [1.29, 1.82) is 0 Å². The van der Waals surface area contributed by atoms with Gasteiger partial charge >= 0.3 is 11.7 Å². The quantitative estimate of drug-likeness (QED) is 0.528. The zero-order valence-corrected chi connectivity index (χ0v) is 11.4. The normalized spacial score (nSPS) is 10.2. The van der Waals surface area contributed by atoms with Crippen molar-refractivity contribution in [3.63, 3.8) is 0 Å². The first-order chi connectivity index (χ1) is 8.95. The molecule has 0 amide bonds. The third-order valence-corrected chi connectivity index (χ3v) is 2.61. The Hall–Kier alpha value is -2.22. The van der Waals surface area contributed by atoms with Gasteiger partial charge < -0.3 is 10.5 Å². The number of nitro groups is 1. The Balaban J connectivity index is 2.40. The first kappa shape index (κ1) is 13.2. The van der Waals surface area contributed by atoms with Crippen LogP contribution in [0.1, 0.15) is 5.56 Å². The molecule has 0 saturated carbocycles. The molecule has 0 aliphatic carbocycles. The van der Waals surface area contributed by atoms with E-state index in [2.05, 4.69) is 25.9 Å². The molecule has 7 nitrogen and oxygen atoms in total. The third kappa shape index (κ3) is 3.16. The number of halogens is 1. The number of nitrogens with two attached hydrogens (primary N) is 1. The highest BCUT2D eigenvalue weighted by Crippen LogP contribution is 2.31. The van der Waals surface area contributed by atoms with E-state index >= 15 is 0 Å². The van der Waals surface area contributed by atoms with Crippen LogP contribution in [0.2, 0.25) is 0 Å². The van der Waals surface area contributed by atoms with Gasteiger partial charge in [0, 0.05) is 12.1 Å². The van der Waals surface area contributed by atoms with Gasteiger partial charge in [-0.25, -0.2) is 0 Å². The van der Waals surface area contributed by atoms with Crippen LogP contribution in [0.3, 0.4) is 0 Å². The van der Waals surface area contributed by atoms with Crippen molar-refractivity contribution in [2.75, 3.05) is 5.73 Å². The molecule has 0 spiro atoms. The number of ether oxygens (including phenoxy) is 1. The molecule has 98 valence electrons. The zero-order valence-electron chi connectivity index (χ0n) is 9.83. The largest absolute Gasteiger partial charge is 0.417 e. The molecule has 0 unspecified atom stereocenters. The maximum absolute atomic E-state index is 10.9. The number of rotatable bonds is 3. The summed E-state index contributed by atoms with van der Waals surface area (Å²) >= 11 is 3.14. The number of nitrogens with zero attached hydrogens (tertiary/aromatic N) is 3.